The van der Waals surface area contributed by atoms with Crippen LogP contribution in [0.1, 0.15) is 30.2 Å². The Labute approximate surface area is 169 Å². The Kier molecular flexibility index (Phi) is 5.38. The second-order valence-corrected chi connectivity index (χ2v) is 7.49. The van der Waals surface area contributed by atoms with Gasteiger partial charge in [0.25, 0.3) is 0 Å². The summed E-state index contributed by atoms with van der Waals surface area (Å²) < 4.78 is 21.5. The van der Waals surface area contributed by atoms with Gasteiger partial charge in [-0.3, -0.25) is 0 Å². The number of fused-ring (bicyclic) bond motifs is 1. The maximum absolute atomic E-state index is 15.7. The van der Waals surface area contributed by atoms with Gasteiger partial charge in [0, 0.05) is 49.8 Å². The molecular weight excluding hydrogens is 373 g/mol. The zero-order valence-electron chi connectivity index (χ0n) is 16.8. The zero-order chi connectivity index (χ0) is 20.5. The van der Waals surface area contributed by atoms with Crippen LogP contribution in [0.2, 0.25) is 0 Å². The monoisotopic (exact) mass is 399 g/mol. The van der Waals surface area contributed by atoms with Crippen LogP contribution in [0.5, 0.6) is 5.75 Å². The van der Waals surface area contributed by atoms with Crippen molar-refractivity contribution in [3.8, 4) is 5.75 Å². The minimum absolute atomic E-state index is 0.0669. The van der Waals surface area contributed by atoms with Gasteiger partial charge >= 0.3 is 0 Å². The van der Waals surface area contributed by atoms with Gasteiger partial charge in [-0.25, -0.2) is 9.37 Å². The van der Waals surface area contributed by atoms with Crippen LogP contribution in [-0.4, -0.2) is 47.4 Å². The lowest BCUT2D eigenvalue weighted by molar-refractivity contribution is 0.143. The molecule has 0 saturated carbocycles. The lowest BCUT2D eigenvalue weighted by Crippen LogP contribution is -2.35. The van der Waals surface area contributed by atoms with Gasteiger partial charge in [0.15, 0.2) is 5.82 Å². The van der Waals surface area contributed by atoms with E-state index in [9.17, 15) is 5.11 Å². The number of anilines is 3. The molecule has 154 valence electrons. The first-order valence-electron chi connectivity index (χ1n) is 9.85. The molecule has 0 radical (unpaired) electrons. The number of ether oxygens (including phenoxy) is 1. The fourth-order valence-corrected chi connectivity index (χ4v) is 3.76. The van der Waals surface area contributed by atoms with Crippen LogP contribution < -0.4 is 20.7 Å². The lowest BCUT2D eigenvalue weighted by Gasteiger charge is -2.19. The third-order valence-electron chi connectivity index (χ3n) is 5.38. The quantitative estimate of drug-likeness (QED) is 0.628. The predicted octanol–water partition coefficient (Wildman–Crippen LogP) is 2.77. The Morgan fingerprint density at radius 2 is 2.14 bits per heavy atom. The molecule has 3 heterocycles. The molecule has 0 aliphatic carbocycles. The average Bonchev–Trinajstić information content (AvgIpc) is 3.08. The highest BCUT2D eigenvalue weighted by atomic mass is 19.1. The largest absolute Gasteiger partial charge is 0.492 e. The fraction of sp³-hybridized carbons (Fsp3) is 0.429. The number of nitrogens with zero attached hydrogens (tertiary/aromatic N) is 2. The minimum Gasteiger partial charge on any atom is -0.492 e. The molecule has 2 atom stereocenters. The first kappa shape index (κ1) is 19.6. The molecule has 2 aliphatic rings. The maximum atomic E-state index is 15.7. The Balaban J connectivity index is 1.76. The van der Waals surface area contributed by atoms with Crippen molar-refractivity contribution in [1.29, 1.82) is 0 Å². The van der Waals surface area contributed by atoms with Crippen molar-refractivity contribution in [3.05, 3.63) is 40.8 Å². The van der Waals surface area contributed by atoms with Crippen molar-refractivity contribution in [2.45, 2.75) is 38.8 Å². The molecule has 1 aromatic carbocycles. The van der Waals surface area contributed by atoms with E-state index >= 15 is 4.39 Å². The number of aromatic nitrogens is 2. The fourth-order valence-electron chi connectivity index (χ4n) is 3.76. The van der Waals surface area contributed by atoms with E-state index in [-0.39, 0.29) is 6.04 Å². The summed E-state index contributed by atoms with van der Waals surface area (Å²) in [7, 11) is 1.77. The van der Waals surface area contributed by atoms with E-state index in [0.29, 0.717) is 54.8 Å². The molecule has 4 N–H and O–H groups in total. The summed E-state index contributed by atoms with van der Waals surface area (Å²) in [5.74, 6) is 1.12. The second kappa shape index (κ2) is 7.96. The molecule has 0 bridgehead atoms. The van der Waals surface area contributed by atoms with Gasteiger partial charge in [0.2, 0.25) is 5.95 Å². The number of rotatable bonds is 4. The van der Waals surface area contributed by atoms with Gasteiger partial charge in [-0.15, -0.1) is 0 Å². The summed E-state index contributed by atoms with van der Waals surface area (Å²) in [5.41, 5.74) is 3.17. The Bertz CT molecular complexity index is 963. The van der Waals surface area contributed by atoms with Crippen LogP contribution in [0.3, 0.4) is 0 Å². The molecule has 7 nitrogen and oxygen atoms in total. The minimum atomic E-state index is -0.602. The van der Waals surface area contributed by atoms with Crippen molar-refractivity contribution in [1.82, 2.24) is 15.3 Å². The standard InChI is InChI=1S/C21H26FN5O2/c1-11-8-17(23-3)27-21(25-11)26-15-9-14-5-7-29-20(14)18(19(15)22)13-4-6-24-12(2)16(28)10-13/h4,8-9,12,16,24,28H,5-7,10H2,1-3H3,(H2,23,25,26,27)/t12-,16+/m0/s1. The van der Waals surface area contributed by atoms with Gasteiger partial charge in [-0.1, -0.05) is 6.08 Å². The maximum Gasteiger partial charge on any atom is 0.229 e. The number of benzene rings is 1. The van der Waals surface area contributed by atoms with Crippen molar-refractivity contribution in [2.24, 2.45) is 0 Å². The van der Waals surface area contributed by atoms with Crippen molar-refractivity contribution in [2.75, 3.05) is 30.8 Å². The van der Waals surface area contributed by atoms with Crippen LogP contribution in [0.15, 0.2) is 18.2 Å². The van der Waals surface area contributed by atoms with Crippen molar-refractivity contribution >= 4 is 23.0 Å². The average molecular weight is 399 g/mol. The molecule has 8 heteroatoms. The van der Waals surface area contributed by atoms with E-state index in [0.717, 1.165) is 16.8 Å². The summed E-state index contributed by atoms with van der Waals surface area (Å²) in [6.45, 7) is 4.86. The molecule has 0 amide bonds. The highest BCUT2D eigenvalue weighted by Gasteiger charge is 2.29. The second-order valence-electron chi connectivity index (χ2n) is 7.49. The molecule has 0 saturated heterocycles. The van der Waals surface area contributed by atoms with E-state index in [1.54, 1.807) is 13.1 Å². The molecule has 0 fully saturated rings. The SMILES string of the molecule is CNc1cc(C)nc(Nc2cc3c(c(C4=CCN[C@@H](C)[C@H](O)C4)c2F)OCC3)n1. The highest BCUT2D eigenvalue weighted by molar-refractivity contribution is 5.78. The third-order valence-corrected chi connectivity index (χ3v) is 5.38. The number of hydrogen-bond acceptors (Lipinski definition) is 7. The predicted molar refractivity (Wildman–Crippen MR) is 111 cm³/mol. The van der Waals surface area contributed by atoms with Gasteiger partial charge in [0.1, 0.15) is 11.6 Å². The number of halogens is 1. The number of aryl methyl sites for hydroxylation is 1. The first-order valence-corrected chi connectivity index (χ1v) is 9.85. The van der Waals surface area contributed by atoms with Crippen LogP contribution in [0, 0.1) is 12.7 Å². The number of hydrogen-bond donors (Lipinski definition) is 4. The van der Waals surface area contributed by atoms with E-state index in [2.05, 4.69) is 25.9 Å². The van der Waals surface area contributed by atoms with Gasteiger partial charge in [-0.2, -0.15) is 4.98 Å². The molecule has 2 aromatic rings. The summed E-state index contributed by atoms with van der Waals surface area (Å²) in [4.78, 5) is 8.73. The van der Waals surface area contributed by atoms with Gasteiger partial charge in [0.05, 0.1) is 24.0 Å². The highest BCUT2D eigenvalue weighted by Crippen LogP contribution is 2.42. The Morgan fingerprint density at radius 3 is 2.93 bits per heavy atom. The third kappa shape index (κ3) is 3.90. The summed E-state index contributed by atoms with van der Waals surface area (Å²) in [5, 5.41) is 19.6. The lowest BCUT2D eigenvalue weighted by atomic mass is 9.94. The van der Waals surface area contributed by atoms with Crippen molar-refractivity contribution in [3.63, 3.8) is 0 Å². The van der Waals surface area contributed by atoms with E-state index in [1.807, 2.05) is 26.0 Å². The topological polar surface area (TPSA) is 91.3 Å². The van der Waals surface area contributed by atoms with E-state index in [1.165, 1.54) is 0 Å². The molecule has 1 aromatic heterocycles. The molecule has 0 spiro atoms. The van der Waals surface area contributed by atoms with Crippen LogP contribution in [0.25, 0.3) is 5.57 Å². The molecule has 2 aliphatic heterocycles. The van der Waals surface area contributed by atoms with Gasteiger partial charge in [-0.05, 0) is 25.5 Å². The summed E-state index contributed by atoms with van der Waals surface area (Å²) >= 11 is 0. The van der Waals surface area contributed by atoms with E-state index < -0.39 is 11.9 Å². The molecular formula is C21H26FN5O2. The number of aliphatic hydroxyl groups excluding tert-OH is 1. The van der Waals surface area contributed by atoms with E-state index in [4.69, 9.17) is 4.74 Å². The Morgan fingerprint density at radius 1 is 1.31 bits per heavy atom. The first-order chi connectivity index (χ1) is 14.0. The number of nitrogens with one attached hydrogen (secondary N) is 3. The molecule has 0 unspecified atom stereocenters. The van der Waals surface area contributed by atoms with Gasteiger partial charge < -0.3 is 25.8 Å². The van der Waals surface area contributed by atoms with Crippen LogP contribution >= 0.6 is 0 Å². The zero-order valence-corrected chi connectivity index (χ0v) is 16.8. The summed E-state index contributed by atoms with van der Waals surface area (Å²) in [6, 6.07) is 3.51. The smallest absolute Gasteiger partial charge is 0.229 e. The van der Waals surface area contributed by atoms with Crippen LogP contribution in [0.4, 0.5) is 21.8 Å². The van der Waals surface area contributed by atoms with Crippen LogP contribution in [-0.2, 0) is 6.42 Å². The summed E-state index contributed by atoms with van der Waals surface area (Å²) in [6.07, 6.45) is 2.39. The molecule has 4 rings (SSSR count). The normalized spacial score (nSPS) is 21.1. The Hall–Kier alpha value is -2.71. The molecule has 29 heavy (non-hydrogen) atoms. The van der Waals surface area contributed by atoms with Crippen molar-refractivity contribution < 1.29 is 14.2 Å². The number of aliphatic hydroxyl groups is 1.